The van der Waals surface area contributed by atoms with E-state index in [4.69, 9.17) is 4.74 Å². The van der Waals surface area contributed by atoms with E-state index in [0.29, 0.717) is 29.7 Å². The van der Waals surface area contributed by atoms with Gasteiger partial charge in [-0.25, -0.2) is 4.39 Å². The Balaban J connectivity index is 1.07. The topological polar surface area (TPSA) is 59.8 Å². The number of nitrogens with zero attached hydrogens (tertiary/aromatic N) is 4. The molecule has 1 aromatic carbocycles. The molecule has 7 aliphatic rings. The number of esters is 1. The van der Waals surface area contributed by atoms with Crippen LogP contribution in [0.15, 0.2) is 24.3 Å². The normalized spacial score (nSPS) is 35.8. The summed E-state index contributed by atoms with van der Waals surface area (Å²) in [4.78, 5) is 20.5. The molecule has 4 saturated carbocycles. The van der Waals surface area contributed by atoms with Crippen molar-refractivity contribution in [3.63, 3.8) is 0 Å². The van der Waals surface area contributed by atoms with Crippen LogP contribution in [0.3, 0.4) is 0 Å². The number of benzene rings is 1. The van der Waals surface area contributed by atoms with Gasteiger partial charge in [-0.15, -0.1) is 0 Å². The fourth-order valence-corrected chi connectivity index (χ4v) is 10.3. The minimum Gasteiger partial charge on any atom is -0.469 e. The lowest BCUT2D eigenvalue weighted by molar-refractivity contribution is -0.219. The molecule has 6 nitrogen and oxygen atoms in total. The number of hydrogen-bond donors (Lipinski definition) is 0. The van der Waals surface area contributed by atoms with Crippen LogP contribution >= 0.6 is 0 Å². The number of halogens is 1. The highest BCUT2D eigenvalue weighted by molar-refractivity contribution is 5.69. The van der Waals surface area contributed by atoms with Gasteiger partial charge in [-0.2, -0.15) is 5.26 Å². The highest BCUT2D eigenvalue weighted by Gasteiger charge is 2.72. The van der Waals surface area contributed by atoms with E-state index in [-0.39, 0.29) is 22.6 Å². The summed E-state index contributed by atoms with van der Waals surface area (Å²) in [5.74, 6) is 1.63. The summed E-state index contributed by atoms with van der Waals surface area (Å²) in [6.07, 6.45) is 10.6. The van der Waals surface area contributed by atoms with Gasteiger partial charge in [0.1, 0.15) is 5.82 Å². The Morgan fingerprint density at radius 2 is 1.83 bits per heavy atom. The monoisotopic (exact) mass is 562 g/mol. The number of hydrogen-bond acceptors (Lipinski definition) is 6. The maximum Gasteiger partial charge on any atom is 0.305 e. The van der Waals surface area contributed by atoms with Crippen LogP contribution in [0.4, 0.5) is 4.39 Å². The molecule has 4 aliphatic carbocycles. The van der Waals surface area contributed by atoms with Gasteiger partial charge in [0.2, 0.25) is 0 Å². The second kappa shape index (κ2) is 10.6. The lowest BCUT2D eigenvalue weighted by Gasteiger charge is -2.73. The fourth-order valence-electron chi connectivity index (χ4n) is 10.3. The zero-order valence-electron chi connectivity index (χ0n) is 24.8. The zero-order chi connectivity index (χ0) is 28.2. The van der Waals surface area contributed by atoms with Crippen molar-refractivity contribution in [2.45, 2.75) is 75.2 Å². The number of rotatable bonds is 10. The van der Waals surface area contributed by atoms with Crippen molar-refractivity contribution in [2.24, 2.45) is 29.1 Å². The smallest absolute Gasteiger partial charge is 0.305 e. The molecule has 1 aromatic rings. The summed E-state index contributed by atoms with van der Waals surface area (Å²) in [7, 11) is 1.50. The van der Waals surface area contributed by atoms with Gasteiger partial charge in [-0.05, 0) is 119 Å². The summed E-state index contributed by atoms with van der Waals surface area (Å²) >= 11 is 0. The van der Waals surface area contributed by atoms with Gasteiger partial charge in [-0.1, -0.05) is 18.6 Å². The largest absolute Gasteiger partial charge is 0.469 e. The molecule has 0 spiro atoms. The molecule has 0 radical (unpaired) electrons. The highest BCUT2D eigenvalue weighted by Crippen LogP contribution is 2.70. The molecule has 8 rings (SSSR count). The Kier molecular flexibility index (Phi) is 7.20. The zero-order valence-corrected chi connectivity index (χ0v) is 24.8. The number of methoxy groups -OCH3 is 1. The highest BCUT2D eigenvalue weighted by atomic mass is 19.1. The van der Waals surface area contributed by atoms with Crippen molar-refractivity contribution >= 4 is 5.97 Å². The van der Waals surface area contributed by atoms with E-state index >= 15 is 0 Å². The first-order valence-corrected chi connectivity index (χ1v) is 16.3. The number of ether oxygens (including phenoxy) is 1. The van der Waals surface area contributed by atoms with Gasteiger partial charge < -0.3 is 14.5 Å². The number of carbonyl (C=O) groups excluding carboxylic acids is 1. The average Bonchev–Trinajstić information content (AvgIpc) is 3.34. The van der Waals surface area contributed by atoms with E-state index in [9.17, 15) is 14.4 Å². The lowest BCUT2D eigenvalue weighted by atomic mass is 9.39. The van der Waals surface area contributed by atoms with Gasteiger partial charge in [0.15, 0.2) is 0 Å². The summed E-state index contributed by atoms with van der Waals surface area (Å²) in [6.45, 7) is 9.01. The molecule has 222 valence electrons. The van der Waals surface area contributed by atoms with E-state index in [2.05, 4.69) is 26.8 Å². The molecule has 3 atom stereocenters. The first-order valence-electron chi connectivity index (χ1n) is 16.3. The second-order valence-electron chi connectivity index (χ2n) is 14.8. The van der Waals surface area contributed by atoms with Crippen LogP contribution in [0.2, 0.25) is 0 Å². The molecule has 0 aromatic heterocycles. The summed E-state index contributed by atoms with van der Waals surface area (Å²) in [5.41, 5.74) is 1.43. The molecule has 2 bridgehead atoms. The van der Waals surface area contributed by atoms with Crippen molar-refractivity contribution in [1.29, 1.82) is 5.26 Å². The molecule has 3 saturated heterocycles. The van der Waals surface area contributed by atoms with E-state index < -0.39 is 0 Å². The minimum atomic E-state index is -0.144. The third-order valence-electron chi connectivity index (χ3n) is 12.5. The van der Waals surface area contributed by atoms with Crippen LogP contribution < -0.4 is 0 Å². The van der Waals surface area contributed by atoms with Crippen LogP contribution in [-0.2, 0) is 14.9 Å². The van der Waals surface area contributed by atoms with Gasteiger partial charge in [-0.3, -0.25) is 9.69 Å². The molecule has 0 unspecified atom stereocenters. The summed E-state index contributed by atoms with van der Waals surface area (Å²) in [6, 6.07) is 10.0. The molecule has 41 heavy (non-hydrogen) atoms. The SMILES string of the molecule is COC(=O)C[C@H]1CCC[C@@H]1[C@](CN1CCC1)(c1cccc(F)c1)C1CCN(CC2CN(C34CC(C#N)(C3)C4)C2)CC1. The number of carbonyl (C=O) groups is 1. The number of likely N-dealkylation sites (tertiary alicyclic amines) is 3. The molecule has 3 aliphatic heterocycles. The molecule has 3 heterocycles. The molecular weight excluding hydrogens is 515 g/mol. The fraction of sp³-hybridized carbons (Fsp3) is 0.765. The van der Waals surface area contributed by atoms with Gasteiger partial charge in [0, 0.05) is 43.6 Å². The Hall–Kier alpha value is -2.01. The maximum atomic E-state index is 14.9. The third kappa shape index (κ3) is 4.73. The summed E-state index contributed by atoms with van der Waals surface area (Å²) in [5, 5.41) is 9.39. The van der Waals surface area contributed by atoms with Crippen molar-refractivity contribution < 1.29 is 13.9 Å². The van der Waals surface area contributed by atoms with Crippen LogP contribution in [0.25, 0.3) is 0 Å². The van der Waals surface area contributed by atoms with Gasteiger partial charge in [0.05, 0.1) is 18.6 Å². The van der Waals surface area contributed by atoms with Crippen LogP contribution in [-0.4, -0.2) is 85.7 Å². The molecule has 7 fully saturated rings. The standard InChI is InChI=1S/C34H47FN4O2/c1-41-31(40)15-26-5-2-8-30(26)34(24-38-11-4-12-38,28-6-3-7-29(35)16-28)27-9-13-37(14-10-27)17-25-18-39(19-25)33-20-32(21-33,22-33)23-36/h3,6-7,16,25-27,30H,2,4-5,8-15,17-22,24H2,1H3/t26-,30+,32?,33?,34+/m1/s1. The van der Waals surface area contributed by atoms with Gasteiger partial charge in [0.25, 0.3) is 0 Å². The minimum absolute atomic E-state index is 0.0341. The van der Waals surface area contributed by atoms with E-state index in [1.165, 1.54) is 33.2 Å². The Labute approximate surface area is 245 Å². The van der Waals surface area contributed by atoms with Crippen molar-refractivity contribution in [3.05, 3.63) is 35.6 Å². The molecule has 0 amide bonds. The van der Waals surface area contributed by atoms with E-state index in [1.807, 2.05) is 12.1 Å². The second-order valence-corrected chi connectivity index (χ2v) is 14.8. The molecule has 0 N–H and O–H groups in total. The first-order chi connectivity index (χ1) is 19.9. The molecular formula is C34H47FN4O2. The maximum absolute atomic E-state index is 14.9. The summed E-state index contributed by atoms with van der Waals surface area (Å²) < 4.78 is 20.0. The Morgan fingerprint density at radius 3 is 2.46 bits per heavy atom. The predicted octanol–water partition coefficient (Wildman–Crippen LogP) is 4.84. The van der Waals surface area contributed by atoms with E-state index in [1.54, 1.807) is 6.07 Å². The number of piperidine rings is 1. The first kappa shape index (κ1) is 27.8. The predicted molar refractivity (Wildman–Crippen MR) is 155 cm³/mol. The lowest BCUT2D eigenvalue weighted by Crippen LogP contribution is -2.78. The van der Waals surface area contributed by atoms with Crippen LogP contribution in [0.5, 0.6) is 0 Å². The number of nitriles is 1. The van der Waals surface area contributed by atoms with Crippen molar-refractivity contribution in [2.75, 3.05) is 59.5 Å². The van der Waals surface area contributed by atoms with Crippen molar-refractivity contribution in [1.82, 2.24) is 14.7 Å². The van der Waals surface area contributed by atoms with Crippen molar-refractivity contribution in [3.8, 4) is 6.07 Å². The van der Waals surface area contributed by atoms with Crippen LogP contribution in [0.1, 0.15) is 69.8 Å². The quantitative estimate of drug-likeness (QED) is 0.381. The van der Waals surface area contributed by atoms with E-state index in [0.717, 1.165) is 95.6 Å². The Bertz CT molecular complexity index is 1160. The molecule has 7 heteroatoms. The third-order valence-corrected chi connectivity index (χ3v) is 12.5. The Morgan fingerprint density at radius 1 is 1.07 bits per heavy atom. The van der Waals surface area contributed by atoms with Gasteiger partial charge >= 0.3 is 5.97 Å². The van der Waals surface area contributed by atoms with Crippen LogP contribution in [0, 0.1) is 46.2 Å². The average molecular weight is 563 g/mol.